The van der Waals surface area contributed by atoms with Crippen LogP contribution in [0.25, 0.3) is 5.76 Å². The molecule has 31 heavy (non-hydrogen) atoms. The predicted octanol–water partition coefficient (Wildman–Crippen LogP) is 2.87. The van der Waals surface area contributed by atoms with Crippen LogP contribution >= 0.6 is 0 Å². The molecule has 2 saturated heterocycles. The second-order valence-electron chi connectivity index (χ2n) is 7.76. The Kier molecular flexibility index (Phi) is 6.20. The molecule has 0 spiro atoms. The fourth-order valence-corrected chi connectivity index (χ4v) is 4.06. The van der Waals surface area contributed by atoms with Crippen molar-refractivity contribution < 1.29 is 28.2 Å². The van der Waals surface area contributed by atoms with Crippen molar-refractivity contribution in [3.63, 3.8) is 0 Å². The topological polar surface area (TPSA) is 83.2 Å². The van der Waals surface area contributed by atoms with E-state index in [1.165, 1.54) is 29.2 Å². The van der Waals surface area contributed by atoms with Gasteiger partial charge in [0, 0.05) is 31.7 Å². The lowest BCUT2D eigenvalue weighted by Crippen LogP contribution is -2.38. The molecule has 8 heteroatoms. The number of carbonyl (C=O) groups is 2. The zero-order chi connectivity index (χ0) is 22.0. The van der Waals surface area contributed by atoms with Gasteiger partial charge >= 0.3 is 0 Å². The first-order valence-corrected chi connectivity index (χ1v) is 10.4. The summed E-state index contributed by atoms with van der Waals surface area (Å²) < 4.78 is 24.4. The first kappa shape index (κ1) is 21.3. The zero-order valence-electron chi connectivity index (χ0n) is 17.3. The number of furan rings is 1. The van der Waals surface area contributed by atoms with Gasteiger partial charge in [-0.15, -0.1) is 0 Å². The fraction of sp³-hybridized carbons (Fsp3) is 0.391. The number of hydrogen-bond acceptors (Lipinski definition) is 6. The molecule has 2 fully saturated rings. The largest absolute Gasteiger partial charge is 0.507 e. The molecule has 1 aromatic heterocycles. The van der Waals surface area contributed by atoms with Crippen molar-refractivity contribution in [1.29, 1.82) is 0 Å². The van der Waals surface area contributed by atoms with E-state index in [-0.39, 0.29) is 16.9 Å². The van der Waals surface area contributed by atoms with Crippen LogP contribution in [0.15, 0.2) is 46.4 Å². The summed E-state index contributed by atoms with van der Waals surface area (Å²) >= 11 is 0. The van der Waals surface area contributed by atoms with Crippen LogP contribution in [0.2, 0.25) is 0 Å². The molecular formula is C23H25FN2O5. The van der Waals surface area contributed by atoms with Crippen LogP contribution in [0.1, 0.15) is 29.5 Å². The van der Waals surface area contributed by atoms with Gasteiger partial charge in [0.25, 0.3) is 11.7 Å². The van der Waals surface area contributed by atoms with Crippen molar-refractivity contribution in [2.75, 3.05) is 39.4 Å². The smallest absolute Gasteiger partial charge is 0.295 e. The van der Waals surface area contributed by atoms with Crippen molar-refractivity contribution in [2.45, 2.75) is 19.4 Å². The lowest BCUT2D eigenvalue weighted by atomic mass is 9.99. The summed E-state index contributed by atoms with van der Waals surface area (Å²) in [4.78, 5) is 29.5. The Morgan fingerprint density at radius 2 is 1.81 bits per heavy atom. The number of carbonyl (C=O) groups excluding carboxylic acids is 2. The van der Waals surface area contributed by atoms with Crippen molar-refractivity contribution in [3.05, 3.63) is 64.9 Å². The SMILES string of the molecule is Cc1ccc([C@H]2C(=C(O)c3ccc(F)cc3)C(=O)C(=O)N2CCCN2CCOCC2)o1. The highest BCUT2D eigenvalue weighted by Crippen LogP contribution is 2.40. The maximum absolute atomic E-state index is 13.3. The molecular weight excluding hydrogens is 403 g/mol. The monoisotopic (exact) mass is 428 g/mol. The van der Waals surface area contributed by atoms with Gasteiger partial charge in [-0.2, -0.15) is 0 Å². The molecule has 4 rings (SSSR count). The highest BCUT2D eigenvalue weighted by Gasteiger charge is 2.47. The normalized spacial score (nSPS) is 21.7. The van der Waals surface area contributed by atoms with Crippen LogP contribution < -0.4 is 0 Å². The van der Waals surface area contributed by atoms with E-state index in [0.29, 0.717) is 37.7 Å². The molecule has 0 aliphatic carbocycles. The van der Waals surface area contributed by atoms with Crippen LogP contribution in [0, 0.1) is 12.7 Å². The third kappa shape index (κ3) is 4.40. The van der Waals surface area contributed by atoms with E-state index >= 15 is 0 Å². The Labute approximate surface area is 179 Å². The molecule has 7 nitrogen and oxygen atoms in total. The molecule has 1 atom stereocenters. The van der Waals surface area contributed by atoms with Crippen LogP contribution in [-0.4, -0.2) is 66.0 Å². The number of Topliss-reactive ketones (excluding diaryl/α,β-unsaturated/α-hetero) is 1. The van der Waals surface area contributed by atoms with E-state index in [0.717, 1.165) is 19.6 Å². The number of rotatable bonds is 6. The van der Waals surface area contributed by atoms with Gasteiger partial charge in [0.05, 0.1) is 18.8 Å². The summed E-state index contributed by atoms with van der Waals surface area (Å²) in [7, 11) is 0. The average molecular weight is 428 g/mol. The lowest BCUT2D eigenvalue weighted by Gasteiger charge is -2.28. The van der Waals surface area contributed by atoms with E-state index in [1.54, 1.807) is 19.1 Å². The molecule has 0 unspecified atom stereocenters. The molecule has 0 saturated carbocycles. The minimum atomic E-state index is -0.830. The van der Waals surface area contributed by atoms with E-state index in [1.807, 2.05) is 0 Å². The molecule has 2 aromatic rings. The average Bonchev–Trinajstić information content (AvgIpc) is 3.30. The molecule has 0 bridgehead atoms. The van der Waals surface area contributed by atoms with Gasteiger partial charge in [-0.25, -0.2) is 4.39 Å². The number of aliphatic hydroxyl groups is 1. The summed E-state index contributed by atoms with van der Waals surface area (Å²) in [5.74, 6) is -1.20. The van der Waals surface area contributed by atoms with E-state index < -0.39 is 23.5 Å². The molecule has 1 aromatic carbocycles. The number of hydrogen-bond donors (Lipinski definition) is 1. The third-order valence-electron chi connectivity index (χ3n) is 5.67. The molecule has 1 N–H and O–H groups in total. The highest BCUT2D eigenvalue weighted by molar-refractivity contribution is 6.46. The van der Waals surface area contributed by atoms with Gasteiger partial charge in [-0.05, 0) is 49.7 Å². The Hall–Kier alpha value is -2.97. The van der Waals surface area contributed by atoms with Crippen LogP contribution in [0.3, 0.4) is 0 Å². The Bertz CT molecular complexity index is 992. The minimum Gasteiger partial charge on any atom is -0.507 e. The zero-order valence-corrected chi connectivity index (χ0v) is 17.3. The quantitative estimate of drug-likeness (QED) is 0.433. The number of morpholine rings is 1. The standard InChI is InChI=1S/C23H25FN2O5/c1-15-3-8-18(31-15)20-19(21(27)16-4-6-17(24)7-5-16)22(28)23(29)26(20)10-2-9-25-11-13-30-14-12-25/h3-8,20,27H,2,9-14H2,1H3/t20-/m0/s1. The number of ether oxygens (including phenoxy) is 1. The highest BCUT2D eigenvalue weighted by atomic mass is 19.1. The van der Waals surface area contributed by atoms with Gasteiger partial charge in [-0.1, -0.05) is 0 Å². The third-order valence-corrected chi connectivity index (χ3v) is 5.67. The Morgan fingerprint density at radius 1 is 1.10 bits per heavy atom. The second kappa shape index (κ2) is 9.03. The number of likely N-dealkylation sites (tertiary alicyclic amines) is 1. The van der Waals surface area contributed by atoms with Crippen LogP contribution in [0.5, 0.6) is 0 Å². The maximum atomic E-state index is 13.3. The van der Waals surface area contributed by atoms with Gasteiger partial charge in [0.2, 0.25) is 0 Å². The number of nitrogens with zero attached hydrogens (tertiary/aromatic N) is 2. The number of amides is 1. The van der Waals surface area contributed by atoms with Crippen molar-refractivity contribution >= 4 is 17.4 Å². The van der Waals surface area contributed by atoms with Gasteiger partial charge < -0.3 is 19.2 Å². The molecule has 1 amide bonds. The number of aryl methyl sites for hydroxylation is 1. The first-order chi connectivity index (χ1) is 15.0. The van der Waals surface area contributed by atoms with Gasteiger partial charge in [0.1, 0.15) is 29.1 Å². The molecule has 2 aliphatic rings. The van der Waals surface area contributed by atoms with Gasteiger partial charge in [0.15, 0.2) is 0 Å². The van der Waals surface area contributed by atoms with Crippen molar-refractivity contribution in [3.8, 4) is 0 Å². The molecule has 164 valence electrons. The Balaban J connectivity index is 1.64. The summed E-state index contributed by atoms with van der Waals surface area (Å²) in [5.41, 5.74) is 0.221. The lowest BCUT2D eigenvalue weighted by molar-refractivity contribution is -0.140. The maximum Gasteiger partial charge on any atom is 0.295 e. The minimum absolute atomic E-state index is 0.0441. The number of ketones is 1. The number of aliphatic hydroxyl groups excluding tert-OH is 1. The van der Waals surface area contributed by atoms with E-state index in [2.05, 4.69) is 4.90 Å². The Morgan fingerprint density at radius 3 is 2.45 bits per heavy atom. The number of halogens is 1. The van der Waals surface area contributed by atoms with Crippen LogP contribution in [0.4, 0.5) is 4.39 Å². The molecule has 2 aliphatic heterocycles. The second-order valence-corrected chi connectivity index (χ2v) is 7.76. The van der Waals surface area contributed by atoms with E-state index in [9.17, 15) is 19.1 Å². The number of benzene rings is 1. The first-order valence-electron chi connectivity index (χ1n) is 10.4. The van der Waals surface area contributed by atoms with E-state index in [4.69, 9.17) is 9.15 Å². The predicted molar refractivity (Wildman–Crippen MR) is 111 cm³/mol. The molecule has 0 radical (unpaired) electrons. The summed E-state index contributed by atoms with van der Waals surface area (Å²) in [6, 6.07) is 7.77. The van der Waals surface area contributed by atoms with Crippen molar-refractivity contribution in [1.82, 2.24) is 9.80 Å². The molecule has 3 heterocycles. The van der Waals surface area contributed by atoms with Crippen molar-refractivity contribution in [2.24, 2.45) is 0 Å². The fourth-order valence-electron chi connectivity index (χ4n) is 4.06. The summed E-state index contributed by atoms with van der Waals surface area (Å²) in [6.45, 7) is 5.94. The van der Waals surface area contributed by atoms with Crippen LogP contribution in [-0.2, 0) is 14.3 Å². The summed E-state index contributed by atoms with van der Waals surface area (Å²) in [5, 5.41) is 10.9. The summed E-state index contributed by atoms with van der Waals surface area (Å²) in [6.07, 6.45) is 0.666. The van der Waals surface area contributed by atoms with Gasteiger partial charge in [-0.3, -0.25) is 14.5 Å².